The van der Waals surface area contributed by atoms with Crippen molar-refractivity contribution in [2.45, 2.75) is 19.3 Å². The Morgan fingerprint density at radius 1 is 1.21 bits per heavy atom. The maximum atomic E-state index is 13.7. The molecule has 9 heteroatoms. The third kappa shape index (κ3) is 4.49. The fourth-order valence-corrected chi connectivity index (χ4v) is 4.04. The van der Waals surface area contributed by atoms with Gasteiger partial charge in [-0.2, -0.15) is 4.98 Å². The Balaban J connectivity index is 1.30. The van der Waals surface area contributed by atoms with Gasteiger partial charge in [0, 0.05) is 30.3 Å². The van der Waals surface area contributed by atoms with E-state index in [1.807, 2.05) is 17.5 Å². The molecule has 0 bridgehead atoms. The van der Waals surface area contributed by atoms with Crippen molar-refractivity contribution in [3.8, 4) is 10.7 Å². The Morgan fingerprint density at radius 2 is 2.11 bits per heavy atom. The number of carbonyl (C=O) groups excluding carboxylic acids is 1. The highest BCUT2D eigenvalue weighted by Crippen LogP contribution is 2.23. The summed E-state index contributed by atoms with van der Waals surface area (Å²) in [5, 5.41) is 9.10. The average molecular weight is 414 g/mol. The van der Waals surface area contributed by atoms with Crippen LogP contribution in [0.3, 0.4) is 0 Å². The first-order valence-corrected chi connectivity index (χ1v) is 10.2. The van der Waals surface area contributed by atoms with Gasteiger partial charge in [0.25, 0.3) is 0 Å². The van der Waals surface area contributed by atoms with Crippen LogP contribution in [0.4, 0.5) is 9.52 Å². The van der Waals surface area contributed by atoms with Gasteiger partial charge in [0.1, 0.15) is 5.82 Å². The van der Waals surface area contributed by atoms with Gasteiger partial charge in [0.15, 0.2) is 5.13 Å². The second-order valence-electron chi connectivity index (χ2n) is 5.94. The number of carbonyl (C=O) groups is 1. The molecule has 4 rings (SSSR count). The van der Waals surface area contributed by atoms with Crippen LogP contribution in [0.15, 0.2) is 52.5 Å². The van der Waals surface area contributed by atoms with Gasteiger partial charge in [0.05, 0.1) is 4.88 Å². The lowest BCUT2D eigenvalue weighted by Crippen LogP contribution is -2.12. The summed E-state index contributed by atoms with van der Waals surface area (Å²) >= 11 is 2.85. The lowest BCUT2D eigenvalue weighted by molar-refractivity contribution is -0.116. The minimum absolute atomic E-state index is 0.192. The molecular weight excluding hydrogens is 399 g/mol. The number of aromatic nitrogens is 3. The van der Waals surface area contributed by atoms with Gasteiger partial charge in [-0.25, -0.2) is 9.37 Å². The molecule has 0 atom stereocenters. The van der Waals surface area contributed by atoms with Crippen molar-refractivity contribution >= 4 is 33.7 Å². The molecule has 3 heterocycles. The second kappa shape index (κ2) is 8.41. The summed E-state index contributed by atoms with van der Waals surface area (Å²) in [5.74, 6) is 0.506. The van der Waals surface area contributed by atoms with Gasteiger partial charge in [-0.15, -0.1) is 22.7 Å². The van der Waals surface area contributed by atoms with Crippen molar-refractivity contribution in [2.24, 2.45) is 0 Å². The minimum Gasteiger partial charge on any atom is -0.339 e. The smallest absolute Gasteiger partial charge is 0.227 e. The Kier molecular flexibility index (Phi) is 5.54. The zero-order valence-corrected chi connectivity index (χ0v) is 16.2. The standard InChI is InChI=1S/C19H15FN4O2S2/c20-14-5-2-1-4-12(14)10-13-11-21-19(28-13)22-16(25)7-8-17-23-18(24-26-17)15-6-3-9-27-15/h1-6,9,11H,7-8,10H2,(H,21,22,25). The van der Waals surface area contributed by atoms with E-state index in [4.69, 9.17) is 4.52 Å². The average Bonchev–Trinajstić information content (AvgIpc) is 3.44. The van der Waals surface area contributed by atoms with Crippen molar-refractivity contribution in [3.63, 3.8) is 0 Å². The minimum atomic E-state index is -0.247. The zero-order valence-electron chi connectivity index (χ0n) is 14.6. The highest BCUT2D eigenvalue weighted by Gasteiger charge is 2.13. The van der Waals surface area contributed by atoms with Gasteiger partial charge in [0.2, 0.25) is 17.6 Å². The predicted octanol–water partition coefficient (Wildman–Crippen LogP) is 4.56. The maximum Gasteiger partial charge on any atom is 0.227 e. The summed E-state index contributed by atoms with van der Waals surface area (Å²) in [6.45, 7) is 0. The van der Waals surface area contributed by atoms with E-state index in [1.54, 1.807) is 24.4 Å². The number of anilines is 1. The van der Waals surface area contributed by atoms with Crippen LogP contribution in [0.1, 0.15) is 22.8 Å². The number of benzene rings is 1. The molecule has 3 aromatic heterocycles. The molecule has 0 saturated heterocycles. The first kappa shape index (κ1) is 18.5. The summed E-state index contributed by atoms with van der Waals surface area (Å²) in [6.07, 6.45) is 2.64. The van der Waals surface area contributed by atoms with E-state index < -0.39 is 0 Å². The molecule has 0 spiro atoms. The summed E-state index contributed by atoms with van der Waals surface area (Å²) in [4.78, 5) is 22.4. The Labute approximate surface area is 168 Å². The largest absolute Gasteiger partial charge is 0.339 e. The van der Waals surface area contributed by atoms with Crippen LogP contribution in [-0.4, -0.2) is 21.0 Å². The first-order chi connectivity index (χ1) is 13.7. The number of nitrogens with one attached hydrogen (secondary N) is 1. The molecule has 4 aromatic rings. The number of aryl methyl sites for hydroxylation is 1. The maximum absolute atomic E-state index is 13.7. The van der Waals surface area contributed by atoms with E-state index in [2.05, 4.69) is 20.4 Å². The molecule has 0 unspecified atom stereocenters. The van der Waals surface area contributed by atoms with Crippen LogP contribution in [0.5, 0.6) is 0 Å². The highest BCUT2D eigenvalue weighted by atomic mass is 32.1. The molecule has 1 aromatic carbocycles. The normalized spacial score (nSPS) is 10.9. The van der Waals surface area contributed by atoms with Crippen molar-refractivity contribution in [1.82, 2.24) is 15.1 Å². The summed E-state index contributed by atoms with van der Waals surface area (Å²) in [7, 11) is 0. The topological polar surface area (TPSA) is 80.9 Å². The van der Waals surface area contributed by atoms with Gasteiger partial charge in [-0.3, -0.25) is 4.79 Å². The van der Waals surface area contributed by atoms with Crippen LogP contribution in [0.25, 0.3) is 10.7 Å². The fraction of sp³-hybridized carbons (Fsp3) is 0.158. The quantitative estimate of drug-likeness (QED) is 0.480. The summed E-state index contributed by atoms with van der Waals surface area (Å²) in [6, 6.07) is 10.4. The monoisotopic (exact) mass is 414 g/mol. The molecule has 0 aliphatic rings. The predicted molar refractivity (Wildman–Crippen MR) is 106 cm³/mol. The van der Waals surface area contributed by atoms with Crippen LogP contribution >= 0.6 is 22.7 Å². The fourth-order valence-electron chi connectivity index (χ4n) is 2.54. The van der Waals surface area contributed by atoms with Crippen molar-refractivity contribution < 1.29 is 13.7 Å². The lowest BCUT2D eigenvalue weighted by Gasteiger charge is -2.00. The number of amides is 1. The molecule has 0 saturated carbocycles. The molecule has 0 aliphatic heterocycles. The van der Waals surface area contributed by atoms with E-state index in [0.717, 1.165) is 9.75 Å². The number of thiazole rings is 1. The van der Waals surface area contributed by atoms with E-state index in [9.17, 15) is 9.18 Å². The molecule has 28 heavy (non-hydrogen) atoms. The van der Waals surface area contributed by atoms with Crippen molar-refractivity contribution in [2.75, 3.05) is 5.32 Å². The number of hydrogen-bond donors (Lipinski definition) is 1. The highest BCUT2D eigenvalue weighted by molar-refractivity contribution is 7.15. The SMILES string of the molecule is O=C(CCc1nc(-c2cccs2)no1)Nc1ncc(Cc2ccccc2F)s1. The molecule has 1 N–H and O–H groups in total. The third-order valence-corrected chi connectivity index (χ3v) is 5.68. The molecule has 1 amide bonds. The van der Waals surface area contributed by atoms with Crippen LogP contribution in [-0.2, 0) is 17.6 Å². The van der Waals surface area contributed by atoms with E-state index >= 15 is 0 Å². The summed E-state index contributed by atoms with van der Waals surface area (Å²) in [5.41, 5.74) is 0.599. The Bertz CT molecular complexity index is 1080. The Morgan fingerprint density at radius 3 is 2.93 bits per heavy atom. The van der Waals surface area contributed by atoms with E-state index in [1.165, 1.54) is 28.7 Å². The Hall–Kier alpha value is -2.91. The number of rotatable bonds is 7. The van der Waals surface area contributed by atoms with Gasteiger partial charge < -0.3 is 9.84 Å². The van der Waals surface area contributed by atoms with Crippen LogP contribution in [0, 0.1) is 5.82 Å². The van der Waals surface area contributed by atoms with Crippen molar-refractivity contribution in [3.05, 3.63) is 70.1 Å². The van der Waals surface area contributed by atoms with E-state index in [-0.39, 0.29) is 18.1 Å². The number of hydrogen-bond acceptors (Lipinski definition) is 7. The van der Waals surface area contributed by atoms with Crippen LogP contribution in [0.2, 0.25) is 0 Å². The molecule has 0 fully saturated rings. The summed E-state index contributed by atoms with van der Waals surface area (Å²) < 4.78 is 18.9. The van der Waals surface area contributed by atoms with Crippen LogP contribution < -0.4 is 5.32 Å². The van der Waals surface area contributed by atoms with Gasteiger partial charge >= 0.3 is 0 Å². The molecular formula is C19H15FN4O2S2. The van der Waals surface area contributed by atoms with Gasteiger partial charge in [-0.05, 0) is 23.1 Å². The molecule has 142 valence electrons. The number of halogens is 1. The zero-order chi connectivity index (χ0) is 19.3. The molecule has 6 nitrogen and oxygen atoms in total. The van der Waals surface area contributed by atoms with E-state index in [0.29, 0.717) is 35.3 Å². The molecule has 0 aliphatic carbocycles. The first-order valence-electron chi connectivity index (χ1n) is 8.52. The molecule has 0 radical (unpaired) electrons. The lowest BCUT2D eigenvalue weighted by atomic mass is 10.1. The second-order valence-corrected chi connectivity index (χ2v) is 8.00. The van der Waals surface area contributed by atoms with Crippen molar-refractivity contribution in [1.29, 1.82) is 0 Å². The third-order valence-electron chi connectivity index (χ3n) is 3.90. The number of thiophene rings is 1. The number of nitrogens with zero attached hydrogens (tertiary/aromatic N) is 3. The van der Waals surface area contributed by atoms with Gasteiger partial charge in [-0.1, -0.05) is 29.4 Å².